The first-order valence-corrected chi connectivity index (χ1v) is 10.1. The maximum absolute atomic E-state index is 12.9. The zero-order chi connectivity index (χ0) is 17.4. The van der Waals surface area contributed by atoms with Gasteiger partial charge in [0, 0.05) is 13.7 Å². The minimum absolute atomic E-state index is 0.319. The second-order valence-electron chi connectivity index (χ2n) is 6.70. The topological polar surface area (TPSA) is 86.1 Å². The molecule has 8 heteroatoms. The molecule has 1 aliphatic carbocycles. The Morgan fingerprint density at radius 1 is 1.28 bits per heavy atom. The molecule has 1 aliphatic heterocycles. The Morgan fingerprint density at radius 3 is 2.68 bits per heavy atom. The molecule has 4 rings (SSSR count). The third-order valence-corrected chi connectivity index (χ3v) is 6.77. The molecule has 1 aromatic carbocycles. The Hall–Kier alpha value is -1.77. The minimum atomic E-state index is -3.44. The van der Waals surface area contributed by atoms with E-state index in [4.69, 9.17) is 4.74 Å². The number of fused-ring (bicyclic) bond motifs is 2. The van der Waals surface area contributed by atoms with Gasteiger partial charge in [-0.05, 0) is 36.8 Å². The van der Waals surface area contributed by atoms with Crippen LogP contribution in [0.3, 0.4) is 0 Å². The lowest BCUT2D eigenvalue weighted by Crippen LogP contribution is -2.39. The van der Waals surface area contributed by atoms with Crippen molar-refractivity contribution in [2.24, 2.45) is 0 Å². The zero-order valence-corrected chi connectivity index (χ0v) is 15.0. The molecule has 1 atom stereocenters. The number of aromatic nitrogens is 3. The van der Waals surface area contributed by atoms with Gasteiger partial charge in [0.05, 0.1) is 11.3 Å². The van der Waals surface area contributed by atoms with E-state index in [1.54, 1.807) is 11.8 Å². The second kappa shape index (κ2) is 6.51. The van der Waals surface area contributed by atoms with E-state index in [1.165, 1.54) is 0 Å². The molecule has 2 aromatic rings. The van der Waals surface area contributed by atoms with E-state index in [9.17, 15) is 8.42 Å². The van der Waals surface area contributed by atoms with Crippen molar-refractivity contribution in [1.82, 2.24) is 19.5 Å². The van der Waals surface area contributed by atoms with Crippen LogP contribution in [-0.4, -0.2) is 35.5 Å². The van der Waals surface area contributed by atoms with Crippen LogP contribution in [0.25, 0.3) is 0 Å². The largest absolute Gasteiger partial charge is 0.377 e. The number of ether oxygens (including phenoxy) is 1. The van der Waals surface area contributed by atoms with Gasteiger partial charge in [-0.2, -0.15) is 5.10 Å². The highest BCUT2D eigenvalue weighted by molar-refractivity contribution is 7.90. The number of benzene rings is 1. The average molecular weight is 362 g/mol. The zero-order valence-electron chi connectivity index (χ0n) is 14.2. The van der Waals surface area contributed by atoms with Gasteiger partial charge < -0.3 is 4.74 Å². The van der Waals surface area contributed by atoms with Crippen molar-refractivity contribution < 1.29 is 13.2 Å². The van der Waals surface area contributed by atoms with Gasteiger partial charge in [0.15, 0.2) is 5.82 Å². The smallest absolute Gasteiger partial charge is 0.215 e. The van der Waals surface area contributed by atoms with Gasteiger partial charge >= 0.3 is 0 Å². The van der Waals surface area contributed by atoms with Crippen LogP contribution in [0, 0.1) is 0 Å². The molecule has 0 saturated heterocycles. The van der Waals surface area contributed by atoms with Crippen molar-refractivity contribution in [3.05, 3.63) is 47.0 Å². The van der Waals surface area contributed by atoms with E-state index in [2.05, 4.69) is 14.8 Å². The highest BCUT2D eigenvalue weighted by Crippen LogP contribution is 2.29. The number of aryl methyl sites for hydroxylation is 1. The van der Waals surface area contributed by atoms with Crippen LogP contribution in [0.15, 0.2) is 24.3 Å². The molecule has 0 saturated carbocycles. The van der Waals surface area contributed by atoms with Crippen molar-refractivity contribution in [2.45, 2.75) is 50.1 Å². The van der Waals surface area contributed by atoms with Crippen LogP contribution in [0.5, 0.6) is 0 Å². The average Bonchev–Trinajstić information content (AvgIpc) is 3.19. The van der Waals surface area contributed by atoms with E-state index < -0.39 is 15.3 Å². The maximum Gasteiger partial charge on any atom is 0.215 e. The monoisotopic (exact) mass is 362 g/mol. The fraction of sp³-hybridized carbons (Fsp3) is 0.529. The summed E-state index contributed by atoms with van der Waals surface area (Å²) in [6.07, 6.45) is 2.75. The van der Waals surface area contributed by atoms with Crippen molar-refractivity contribution >= 4 is 10.0 Å². The first-order chi connectivity index (χ1) is 12.1. The molecule has 2 heterocycles. The van der Waals surface area contributed by atoms with Gasteiger partial charge in [-0.3, -0.25) is 0 Å². The Balaban J connectivity index is 1.53. The summed E-state index contributed by atoms with van der Waals surface area (Å²) in [6.45, 7) is 1.09. The molecule has 0 amide bonds. The number of sulfonamides is 1. The van der Waals surface area contributed by atoms with Crippen LogP contribution in [0.1, 0.15) is 41.7 Å². The van der Waals surface area contributed by atoms with Gasteiger partial charge in [0.25, 0.3) is 0 Å². The SMILES string of the molecule is COCc1nc2n(n1)CCC[C@@H]2NS(=O)(=O)C1Cc2ccccc2C1. The van der Waals surface area contributed by atoms with Gasteiger partial charge in [-0.1, -0.05) is 24.3 Å². The number of hydrogen-bond donors (Lipinski definition) is 1. The molecular weight excluding hydrogens is 340 g/mol. The van der Waals surface area contributed by atoms with E-state index in [1.807, 2.05) is 24.3 Å². The van der Waals surface area contributed by atoms with E-state index in [0.717, 1.165) is 30.5 Å². The van der Waals surface area contributed by atoms with Gasteiger partial charge in [-0.15, -0.1) is 0 Å². The normalized spacial score (nSPS) is 20.4. The van der Waals surface area contributed by atoms with Crippen LogP contribution in [0.4, 0.5) is 0 Å². The summed E-state index contributed by atoms with van der Waals surface area (Å²) in [7, 11) is -1.84. The standard InChI is InChI=1S/C17H22N4O3S/c1-24-11-16-18-17-15(7-4-8-21(17)19-16)20-25(22,23)14-9-12-5-2-3-6-13(12)10-14/h2-3,5-6,14-15,20H,4,7-11H2,1H3/t15-/m0/s1. The molecular formula is C17H22N4O3S. The van der Waals surface area contributed by atoms with Crippen molar-refractivity contribution in [1.29, 1.82) is 0 Å². The number of methoxy groups -OCH3 is 1. The first kappa shape index (κ1) is 16.7. The predicted octanol–water partition coefficient (Wildman–Crippen LogP) is 1.35. The summed E-state index contributed by atoms with van der Waals surface area (Å²) in [5.74, 6) is 1.29. The van der Waals surface area contributed by atoms with Crippen LogP contribution in [-0.2, 0) is 40.8 Å². The van der Waals surface area contributed by atoms with Crippen LogP contribution < -0.4 is 4.72 Å². The fourth-order valence-corrected chi connectivity index (χ4v) is 5.34. The number of nitrogens with zero attached hydrogens (tertiary/aromatic N) is 3. The minimum Gasteiger partial charge on any atom is -0.377 e. The highest BCUT2D eigenvalue weighted by atomic mass is 32.2. The lowest BCUT2D eigenvalue weighted by Gasteiger charge is -2.24. The molecule has 134 valence electrons. The molecule has 0 fully saturated rings. The van der Waals surface area contributed by atoms with Crippen molar-refractivity contribution in [2.75, 3.05) is 7.11 Å². The highest BCUT2D eigenvalue weighted by Gasteiger charge is 2.35. The molecule has 1 aromatic heterocycles. The molecule has 0 bridgehead atoms. The Bertz CT molecular complexity index is 853. The van der Waals surface area contributed by atoms with Crippen molar-refractivity contribution in [3.8, 4) is 0 Å². The molecule has 25 heavy (non-hydrogen) atoms. The third kappa shape index (κ3) is 3.21. The van der Waals surface area contributed by atoms with E-state index in [0.29, 0.717) is 31.1 Å². The van der Waals surface area contributed by atoms with Gasteiger partial charge in [-0.25, -0.2) is 22.8 Å². The molecule has 2 aliphatic rings. The summed E-state index contributed by atoms with van der Waals surface area (Å²) in [6, 6.07) is 7.63. The van der Waals surface area contributed by atoms with E-state index in [-0.39, 0.29) is 6.04 Å². The molecule has 0 spiro atoms. The fourth-order valence-electron chi connectivity index (χ4n) is 3.73. The Morgan fingerprint density at radius 2 is 2.00 bits per heavy atom. The summed E-state index contributed by atoms with van der Waals surface area (Å²) < 4.78 is 35.6. The summed E-state index contributed by atoms with van der Waals surface area (Å²) in [5, 5.41) is 3.98. The number of rotatable bonds is 5. The quantitative estimate of drug-likeness (QED) is 0.868. The molecule has 1 N–H and O–H groups in total. The predicted molar refractivity (Wildman–Crippen MR) is 92.4 cm³/mol. The third-order valence-electron chi connectivity index (χ3n) is 4.95. The maximum atomic E-state index is 12.9. The Labute approximate surface area is 147 Å². The number of nitrogens with one attached hydrogen (secondary N) is 1. The molecule has 0 unspecified atom stereocenters. The molecule has 0 radical (unpaired) electrons. The van der Waals surface area contributed by atoms with Crippen LogP contribution in [0.2, 0.25) is 0 Å². The summed E-state index contributed by atoms with van der Waals surface area (Å²) in [5.41, 5.74) is 2.26. The summed E-state index contributed by atoms with van der Waals surface area (Å²) in [4.78, 5) is 4.47. The lowest BCUT2D eigenvalue weighted by molar-refractivity contribution is 0.177. The van der Waals surface area contributed by atoms with Gasteiger partial charge in [0.2, 0.25) is 10.0 Å². The van der Waals surface area contributed by atoms with Gasteiger partial charge in [0.1, 0.15) is 12.4 Å². The first-order valence-electron chi connectivity index (χ1n) is 8.57. The lowest BCUT2D eigenvalue weighted by atomic mass is 10.1. The van der Waals surface area contributed by atoms with E-state index >= 15 is 0 Å². The Kier molecular flexibility index (Phi) is 4.35. The van der Waals surface area contributed by atoms with Crippen molar-refractivity contribution in [3.63, 3.8) is 0 Å². The molecule has 7 nitrogen and oxygen atoms in total. The second-order valence-corrected chi connectivity index (χ2v) is 8.69. The van der Waals surface area contributed by atoms with Crippen LogP contribution >= 0.6 is 0 Å². The number of hydrogen-bond acceptors (Lipinski definition) is 5. The summed E-state index contributed by atoms with van der Waals surface area (Å²) >= 11 is 0.